The van der Waals surface area contributed by atoms with Gasteiger partial charge >= 0.3 is 0 Å². The molecule has 0 amide bonds. The van der Waals surface area contributed by atoms with Crippen molar-refractivity contribution in [3.8, 4) is 0 Å². The molecule has 0 fully saturated rings. The van der Waals surface area contributed by atoms with Gasteiger partial charge in [0.1, 0.15) is 6.10 Å². The molecule has 0 radical (unpaired) electrons. The van der Waals surface area contributed by atoms with Crippen molar-refractivity contribution in [1.29, 1.82) is 0 Å². The number of nitrogens with zero attached hydrogens (tertiary/aromatic N) is 2. The maximum Gasteiger partial charge on any atom is 0.246 e. The van der Waals surface area contributed by atoms with E-state index >= 15 is 0 Å². The van der Waals surface area contributed by atoms with E-state index in [1.807, 2.05) is 20.8 Å². The highest BCUT2D eigenvalue weighted by Gasteiger charge is 2.28. The summed E-state index contributed by atoms with van der Waals surface area (Å²) in [7, 11) is 0. The van der Waals surface area contributed by atoms with Crippen LogP contribution in [0.2, 0.25) is 0 Å². The topological polar surface area (TPSA) is 60.2 Å². The van der Waals surface area contributed by atoms with Crippen molar-refractivity contribution in [3.05, 3.63) is 11.7 Å². The minimum absolute atomic E-state index is 0.0603. The summed E-state index contributed by atoms with van der Waals surface area (Å²) in [5.41, 5.74) is -0.303. The number of nitrogens with one attached hydrogen (secondary N) is 1. The monoisotopic (exact) mass is 255 g/mol. The highest BCUT2D eigenvalue weighted by molar-refractivity contribution is 5.01. The summed E-state index contributed by atoms with van der Waals surface area (Å²) in [4.78, 5) is 4.47. The van der Waals surface area contributed by atoms with Crippen molar-refractivity contribution in [1.82, 2.24) is 15.5 Å². The van der Waals surface area contributed by atoms with Crippen molar-refractivity contribution in [2.75, 3.05) is 13.2 Å². The van der Waals surface area contributed by atoms with E-state index in [2.05, 4.69) is 29.3 Å². The van der Waals surface area contributed by atoms with Crippen LogP contribution in [0.25, 0.3) is 0 Å². The average Bonchev–Trinajstić information content (AvgIpc) is 2.78. The van der Waals surface area contributed by atoms with Crippen LogP contribution in [0.3, 0.4) is 0 Å². The lowest BCUT2D eigenvalue weighted by Crippen LogP contribution is -2.36. The van der Waals surface area contributed by atoms with Crippen molar-refractivity contribution in [3.63, 3.8) is 0 Å². The van der Waals surface area contributed by atoms with Gasteiger partial charge in [0.25, 0.3) is 0 Å². The van der Waals surface area contributed by atoms with E-state index in [1.54, 1.807) is 0 Å². The maximum absolute atomic E-state index is 5.65. The Hall–Kier alpha value is -0.940. The Morgan fingerprint density at radius 3 is 2.61 bits per heavy atom. The summed E-state index contributed by atoms with van der Waals surface area (Å²) in [6, 6.07) is 0. The summed E-state index contributed by atoms with van der Waals surface area (Å²) in [6.45, 7) is 11.7. The first-order valence-electron chi connectivity index (χ1n) is 6.75. The number of hydrogen-bond donors (Lipinski definition) is 1. The van der Waals surface area contributed by atoms with E-state index in [4.69, 9.17) is 9.26 Å². The lowest BCUT2D eigenvalue weighted by molar-refractivity contribution is 0.0477. The van der Waals surface area contributed by atoms with E-state index in [9.17, 15) is 0 Å². The standard InChI is InChI=1S/C13H25N3O2/c1-6-9-10(17-8-3)11-15-12(18-16-11)13(4,5)14-7-2/h10,14H,6-9H2,1-5H3. The Bertz CT molecular complexity index is 344. The Balaban J connectivity index is 2.83. The smallest absolute Gasteiger partial charge is 0.246 e. The van der Waals surface area contributed by atoms with Gasteiger partial charge in [-0.3, -0.25) is 0 Å². The molecule has 104 valence electrons. The van der Waals surface area contributed by atoms with E-state index < -0.39 is 0 Å². The highest BCUT2D eigenvalue weighted by atomic mass is 16.5. The fourth-order valence-electron chi connectivity index (χ4n) is 1.89. The average molecular weight is 255 g/mol. The number of ether oxygens (including phenoxy) is 1. The van der Waals surface area contributed by atoms with Gasteiger partial charge in [-0.2, -0.15) is 4.98 Å². The van der Waals surface area contributed by atoms with Gasteiger partial charge in [-0.05, 0) is 33.7 Å². The zero-order valence-corrected chi connectivity index (χ0v) is 12.1. The minimum Gasteiger partial charge on any atom is -0.370 e. The molecule has 0 aliphatic rings. The molecule has 1 N–H and O–H groups in total. The minimum atomic E-state index is -0.303. The summed E-state index contributed by atoms with van der Waals surface area (Å²) < 4.78 is 11.0. The predicted octanol–water partition coefficient (Wildman–Crippen LogP) is 2.79. The molecule has 0 saturated heterocycles. The van der Waals surface area contributed by atoms with Gasteiger partial charge in [0, 0.05) is 6.61 Å². The zero-order valence-electron chi connectivity index (χ0n) is 12.1. The molecule has 5 nitrogen and oxygen atoms in total. The van der Waals surface area contributed by atoms with Crippen LogP contribution in [0.5, 0.6) is 0 Å². The summed E-state index contributed by atoms with van der Waals surface area (Å²) in [5, 5.41) is 7.37. The fourth-order valence-corrected chi connectivity index (χ4v) is 1.89. The van der Waals surface area contributed by atoms with Crippen molar-refractivity contribution >= 4 is 0 Å². The van der Waals surface area contributed by atoms with Crippen LogP contribution >= 0.6 is 0 Å². The van der Waals surface area contributed by atoms with Gasteiger partial charge in [0.15, 0.2) is 0 Å². The van der Waals surface area contributed by atoms with Crippen LogP contribution in [0.15, 0.2) is 4.52 Å². The number of rotatable bonds is 8. The van der Waals surface area contributed by atoms with Crippen LogP contribution in [0.1, 0.15) is 65.3 Å². The van der Waals surface area contributed by atoms with Crippen LogP contribution in [0, 0.1) is 0 Å². The molecule has 18 heavy (non-hydrogen) atoms. The Kier molecular flexibility index (Phi) is 5.75. The van der Waals surface area contributed by atoms with Crippen molar-refractivity contribution in [2.24, 2.45) is 0 Å². The summed E-state index contributed by atoms with van der Waals surface area (Å²) in [6.07, 6.45) is 1.88. The molecular weight excluding hydrogens is 230 g/mol. The van der Waals surface area contributed by atoms with Gasteiger partial charge in [0.05, 0.1) is 5.54 Å². The van der Waals surface area contributed by atoms with Gasteiger partial charge < -0.3 is 14.6 Å². The second-order valence-electron chi connectivity index (χ2n) is 4.85. The molecule has 1 unspecified atom stereocenters. The van der Waals surface area contributed by atoms with E-state index in [-0.39, 0.29) is 11.6 Å². The number of aromatic nitrogens is 2. The van der Waals surface area contributed by atoms with Crippen LogP contribution in [-0.2, 0) is 10.3 Å². The van der Waals surface area contributed by atoms with E-state index in [0.717, 1.165) is 19.4 Å². The second-order valence-corrected chi connectivity index (χ2v) is 4.85. The van der Waals surface area contributed by atoms with E-state index in [1.165, 1.54) is 0 Å². The second kappa shape index (κ2) is 6.85. The molecule has 1 rings (SSSR count). The quantitative estimate of drug-likeness (QED) is 0.774. The molecule has 5 heteroatoms. The van der Waals surface area contributed by atoms with Crippen LogP contribution in [-0.4, -0.2) is 23.3 Å². The van der Waals surface area contributed by atoms with Gasteiger partial charge in [-0.15, -0.1) is 0 Å². The molecule has 0 spiro atoms. The Morgan fingerprint density at radius 2 is 2.06 bits per heavy atom. The Morgan fingerprint density at radius 1 is 1.33 bits per heavy atom. The third kappa shape index (κ3) is 3.78. The predicted molar refractivity (Wildman–Crippen MR) is 70.3 cm³/mol. The van der Waals surface area contributed by atoms with Gasteiger partial charge in [-0.1, -0.05) is 25.4 Å². The third-order valence-electron chi connectivity index (χ3n) is 2.80. The molecule has 1 aromatic rings. The molecular formula is C13H25N3O2. The molecule has 1 aromatic heterocycles. The molecule has 1 heterocycles. The summed E-state index contributed by atoms with van der Waals surface area (Å²) in [5.74, 6) is 1.26. The molecule has 0 aliphatic carbocycles. The van der Waals surface area contributed by atoms with Crippen LogP contribution < -0.4 is 5.32 Å². The summed E-state index contributed by atoms with van der Waals surface area (Å²) >= 11 is 0. The molecule has 0 aliphatic heterocycles. The normalized spacial score (nSPS) is 13.8. The van der Waals surface area contributed by atoms with Crippen molar-refractivity contribution < 1.29 is 9.26 Å². The zero-order chi connectivity index (χ0) is 13.6. The molecule has 1 atom stereocenters. The first-order chi connectivity index (χ1) is 8.55. The first-order valence-corrected chi connectivity index (χ1v) is 6.75. The SMILES string of the molecule is CCCC(OCC)c1noc(C(C)(C)NCC)n1. The molecule has 0 saturated carbocycles. The lowest BCUT2D eigenvalue weighted by atomic mass is 10.1. The van der Waals surface area contributed by atoms with Gasteiger partial charge in [-0.25, -0.2) is 0 Å². The lowest BCUT2D eigenvalue weighted by Gasteiger charge is -2.20. The van der Waals surface area contributed by atoms with Crippen LogP contribution in [0.4, 0.5) is 0 Å². The fraction of sp³-hybridized carbons (Fsp3) is 0.846. The van der Waals surface area contributed by atoms with Crippen molar-refractivity contribution in [2.45, 2.75) is 59.1 Å². The largest absolute Gasteiger partial charge is 0.370 e. The number of hydrogen-bond acceptors (Lipinski definition) is 5. The first kappa shape index (κ1) is 15.1. The van der Waals surface area contributed by atoms with E-state index in [0.29, 0.717) is 18.3 Å². The maximum atomic E-state index is 5.65. The highest BCUT2D eigenvalue weighted by Crippen LogP contribution is 2.24. The molecule has 0 bridgehead atoms. The van der Waals surface area contributed by atoms with Gasteiger partial charge in [0.2, 0.25) is 11.7 Å². The molecule has 0 aromatic carbocycles. The Labute approximate surface area is 109 Å². The third-order valence-corrected chi connectivity index (χ3v) is 2.80.